The van der Waals surface area contributed by atoms with Crippen LogP contribution in [0.25, 0.3) is 49.3 Å². The Kier molecular flexibility index (Phi) is 6.65. The zero-order valence-electron chi connectivity index (χ0n) is 27.2. The van der Waals surface area contributed by atoms with Crippen LogP contribution in [0.15, 0.2) is 146 Å². The highest BCUT2D eigenvalue weighted by Gasteiger charge is 2.32. The van der Waals surface area contributed by atoms with Crippen LogP contribution in [0.5, 0.6) is 0 Å². The molecular weight excluding hydrogens is 556 g/mol. The van der Waals surface area contributed by atoms with Crippen LogP contribution in [0.4, 0.5) is 0 Å². The lowest BCUT2D eigenvalue weighted by Gasteiger charge is -2.35. The molecule has 2 unspecified atom stereocenters. The average molecular weight is 597 g/mol. The van der Waals surface area contributed by atoms with Crippen LogP contribution in [-0.2, 0) is 11.0 Å². The maximum absolute atomic E-state index is 2.57. The monoisotopic (exact) mass is 596 g/mol. The summed E-state index contributed by atoms with van der Waals surface area (Å²) in [6, 6.07) is 53.9. The molecule has 0 bridgehead atoms. The van der Waals surface area contributed by atoms with E-state index in [0.29, 0.717) is 0 Å². The summed E-state index contributed by atoms with van der Waals surface area (Å²) in [5.41, 5.74) is 10.0. The van der Waals surface area contributed by atoms with E-state index in [1.807, 2.05) is 0 Å². The van der Waals surface area contributed by atoms with Crippen molar-refractivity contribution < 1.29 is 0 Å². The first-order chi connectivity index (χ1) is 22.5. The van der Waals surface area contributed by atoms with Gasteiger partial charge in [-0.05, 0) is 72.9 Å². The minimum atomic E-state index is -0.187. The molecule has 2 nitrogen and oxygen atoms in total. The third-order valence-corrected chi connectivity index (χ3v) is 11.0. The molecular formula is C44H40N2. The average Bonchev–Trinajstić information content (AvgIpc) is 3.65. The van der Waals surface area contributed by atoms with Gasteiger partial charge in [-0.2, -0.15) is 0 Å². The Hall–Kier alpha value is -5.08. The molecule has 0 aliphatic rings. The Balaban J connectivity index is 1.18. The molecule has 0 fully saturated rings. The highest BCUT2D eigenvalue weighted by Crippen LogP contribution is 2.42. The second-order valence-electron chi connectivity index (χ2n) is 13.2. The predicted octanol–water partition coefficient (Wildman–Crippen LogP) is 11.8. The molecule has 0 amide bonds. The summed E-state index contributed by atoms with van der Waals surface area (Å²) in [6.07, 6.45) is 2.00. The van der Waals surface area contributed by atoms with Crippen molar-refractivity contribution in [1.82, 2.24) is 9.13 Å². The van der Waals surface area contributed by atoms with Crippen molar-refractivity contribution >= 4 is 43.6 Å². The van der Waals surface area contributed by atoms with Gasteiger partial charge in [-0.1, -0.05) is 130 Å². The van der Waals surface area contributed by atoms with Crippen LogP contribution >= 0.6 is 0 Å². The van der Waals surface area contributed by atoms with Gasteiger partial charge < -0.3 is 9.13 Å². The largest absolute Gasteiger partial charge is 0.330 e. The zero-order valence-corrected chi connectivity index (χ0v) is 27.2. The van der Waals surface area contributed by atoms with Crippen molar-refractivity contribution in [3.63, 3.8) is 0 Å². The van der Waals surface area contributed by atoms with Crippen LogP contribution in [0, 0.1) is 0 Å². The predicted molar refractivity (Wildman–Crippen MR) is 196 cm³/mol. The number of aromatic nitrogens is 2. The van der Waals surface area contributed by atoms with E-state index in [0.717, 1.165) is 12.8 Å². The zero-order chi connectivity index (χ0) is 31.5. The summed E-state index contributed by atoms with van der Waals surface area (Å²) in [6.45, 7) is 9.41. The Bertz CT molecular complexity index is 2250. The molecule has 0 radical (unpaired) electrons. The van der Waals surface area contributed by atoms with E-state index >= 15 is 0 Å². The summed E-state index contributed by atoms with van der Waals surface area (Å²) >= 11 is 0. The van der Waals surface area contributed by atoms with Gasteiger partial charge in [-0.25, -0.2) is 0 Å². The second-order valence-corrected chi connectivity index (χ2v) is 13.2. The maximum Gasteiger partial charge on any atom is 0.0672 e. The van der Waals surface area contributed by atoms with Crippen molar-refractivity contribution in [2.24, 2.45) is 0 Å². The summed E-state index contributed by atoms with van der Waals surface area (Å²) in [4.78, 5) is 0. The van der Waals surface area contributed by atoms with Gasteiger partial charge in [0.15, 0.2) is 0 Å². The van der Waals surface area contributed by atoms with Gasteiger partial charge in [0.25, 0.3) is 0 Å². The fourth-order valence-electron chi connectivity index (χ4n) is 7.90. The van der Waals surface area contributed by atoms with Crippen molar-refractivity contribution in [2.45, 2.75) is 51.5 Å². The van der Waals surface area contributed by atoms with E-state index < -0.39 is 0 Å². The molecule has 2 heteroatoms. The third kappa shape index (κ3) is 4.09. The Labute approximate surface area is 271 Å². The SMILES string of the molecule is CCC(C)(c1ccc(-n2c3ccccc3c3ccccc32)cc1)c1ccc(C(C)(CC)n2c3ccccc3c3ccccc32)cc1. The number of para-hydroxylation sites is 4. The van der Waals surface area contributed by atoms with Gasteiger partial charge in [0, 0.05) is 43.7 Å². The first-order valence-electron chi connectivity index (χ1n) is 16.7. The molecule has 8 rings (SSSR count). The number of fused-ring (bicyclic) bond motifs is 6. The van der Waals surface area contributed by atoms with E-state index in [1.54, 1.807) is 0 Å². The Morgan fingerprint density at radius 2 is 0.783 bits per heavy atom. The molecule has 2 heterocycles. The minimum Gasteiger partial charge on any atom is -0.330 e. The molecule has 2 atom stereocenters. The highest BCUT2D eigenvalue weighted by atomic mass is 15.1. The molecule has 0 aliphatic heterocycles. The summed E-state index contributed by atoms with van der Waals surface area (Å²) < 4.78 is 4.96. The summed E-state index contributed by atoms with van der Waals surface area (Å²) in [5, 5.41) is 5.22. The second kappa shape index (κ2) is 10.8. The number of nitrogens with zero attached hydrogens (tertiary/aromatic N) is 2. The van der Waals surface area contributed by atoms with Gasteiger partial charge in [-0.15, -0.1) is 0 Å². The Morgan fingerprint density at radius 1 is 0.413 bits per heavy atom. The van der Waals surface area contributed by atoms with E-state index in [4.69, 9.17) is 0 Å². The lowest BCUT2D eigenvalue weighted by molar-refractivity contribution is 0.402. The highest BCUT2D eigenvalue weighted by molar-refractivity contribution is 6.09. The minimum absolute atomic E-state index is 0.104. The summed E-state index contributed by atoms with van der Waals surface area (Å²) in [5.74, 6) is 0. The number of hydrogen-bond donors (Lipinski definition) is 0. The molecule has 6 aromatic carbocycles. The van der Waals surface area contributed by atoms with Gasteiger partial charge in [0.05, 0.1) is 16.6 Å². The molecule has 8 aromatic rings. The Morgan fingerprint density at radius 3 is 1.22 bits per heavy atom. The van der Waals surface area contributed by atoms with Crippen molar-refractivity contribution in [3.05, 3.63) is 162 Å². The van der Waals surface area contributed by atoms with Crippen LogP contribution < -0.4 is 0 Å². The molecule has 2 aromatic heterocycles. The van der Waals surface area contributed by atoms with Crippen molar-refractivity contribution in [2.75, 3.05) is 0 Å². The number of benzene rings is 6. The first kappa shape index (κ1) is 28.4. The van der Waals surface area contributed by atoms with Crippen LogP contribution in [0.2, 0.25) is 0 Å². The van der Waals surface area contributed by atoms with E-state index in [1.165, 1.54) is 66.0 Å². The van der Waals surface area contributed by atoms with E-state index in [2.05, 4.69) is 182 Å². The van der Waals surface area contributed by atoms with Crippen LogP contribution in [0.3, 0.4) is 0 Å². The molecule has 226 valence electrons. The third-order valence-electron chi connectivity index (χ3n) is 11.0. The smallest absolute Gasteiger partial charge is 0.0672 e. The standard InChI is InChI=1S/C44H40N2/c1-5-43(3,32-27-29-34(30-28-32)45-39-19-11-7-15-35(39)36-16-8-12-20-40(36)45)31-23-25-33(26-24-31)44(4,6-2)46-41-21-13-9-17-37(41)38-18-10-14-22-42(38)46/h7-30H,5-6H2,1-4H3. The van der Waals surface area contributed by atoms with Gasteiger partial charge >= 0.3 is 0 Å². The number of hydrogen-bond acceptors (Lipinski definition) is 0. The molecule has 0 saturated carbocycles. The normalized spacial score (nSPS) is 14.6. The van der Waals surface area contributed by atoms with Crippen molar-refractivity contribution in [3.8, 4) is 5.69 Å². The lowest BCUT2D eigenvalue weighted by Crippen LogP contribution is -2.31. The van der Waals surface area contributed by atoms with E-state index in [-0.39, 0.29) is 11.0 Å². The molecule has 0 saturated heterocycles. The van der Waals surface area contributed by atoms with Gasteiger partial charge in [0.1, 0.15) is 0 Å². The molecule has 0 N–H and O–H groups in total. The fourth-order valence-corrected chi connectivity index (χ4v) is 7.90. The number of rotatable bonds is 7. The van der Waals surface area contributed by atoms with Crippen molar-refractivity contribution in [1.29, 1.82) is 0 Å². The van der Waals surface area contributed by atoms with Crippen LogP contribution in [0.1, 0.15) is 57.2 Å². The van der Waals surface area contributed by atoms with Crippen LogP contribution in [-0.4, -0.2) is 9.13 Å². The van der Waals surface area contributed by atoms with Gasteiger partial charge in [0.2, 0.25) is 0 Å². The van der Waals surface area contributed by atoms with Gasteiger partial charge in [-0.3, -0.25) is 0 Å². The lowest BCUT2D eigenvalue weighted by atomic mass is 9.73. The first-order valence-corrected chi connectivity index (χ1v) is 16.7. The molecule has 0 spiro atoms. The fraction of sp³-hybridized carbons (Fsp3) is 0.182. The topological polar surface area (TPSA) is 9.86 Å². The summed E-state index contributed by atoms with van der Waals surface area (Å²) in [7, 11) is 0. The maximum atomic E-state index is 2.57. The molecule has 0 aliphatic carbocycles. The quantitative estimate of drug-likeness (QED) is 0.173. The molecule has 46 heavy (non-hydrogen) atoms. The van der Waals surface area contributed by atoms with E-state index in [9.17, 15) is 0 Å².